The molecule has 1 N–H and O–H groups in total. The molecule has 0 saturated heterocycles. The Morgan fingerprint density at radius 3 is 2.13 bits per heavy atom. The molecular weight excluding hydrogens is 299 g/mol. The summed E-state index contributed by atoms with van der Waals surface area (Å²) in [5.74, 6) is -1.94. The molecule has 2 aromatic rings. The van der Waals surface area contributed by atoms with Crippen LogP contribution in [-0.4, -0.2) is 29.2 Å². The number of imide groups is 1. The predicted molar refractivity (Wildman–Crippen MR) is 80.1 cm³/mol. The van der Waals surface area contributed by atoms with Crippen molar-refractivity contribution in [3.8, 4) is 0 Å². The summed E-state index contributed by atoms with van der Waals surface area (Å²) in [6.45, 7) is -0.393. The zero-order valence-electron chi connectivity index (χ0n) is 12.1. The van der Waals surface area contributed by atoms with E-state index in [1.807, 2.05) is 0 Å². The van der Waals surface area contributed by atoms with Crippen LogP contribution in [0.1, 0.15) is 26.3 Å². The highest BCUT2D eigenvalue weighted by Crippen LogP contribution is 2.21. The van der Waals surface area contributed by atoms with Crippen LogP contribution in [0.4, 0.5) is 4.39 Å². The molecule has 0 unspecified atom stereocenters. The van der Waals surface area contributed by atoms with Gasteiger partial charge in [0.05, 0.1) is 11.1 Å². The number of carbonyl (C=O) groups excluding carboxylic acids is 3. The zero-order valence-corrected chi connectivity index (χ0v) is 12.1. The van der Waals surface area contributed by atoms with E-state index in [2.05, 4.69) is 5.32 Å². The lowest BCUT2D eigenvalue weighted by Gasteiger charge is -2.13. The van der Waals surface area contributed by atoms with Crippen LogP contribution in [-0.2, 0) is 11.3 Å². The molecule has 1 aliphatic rings. The highest BCUT2D eigenvalue weighted by atomic mass is 19.1. The number of hydrogen-bond acceptors (Lipinski definition) is 3. The van der Waals surface area contributed by atoms with Gasteiger partial charge in [-0.1, -0.05) is 30.3 Å². The van der Waals surface area contributed by atoms with E-state index in [4.69, 9.17) is 0 Å². The third-order valence-electron chi connectivity index (χ3n) is 3.61. The molecule has 0 atom stereocenters. The van der Waals surface area contributed by atoms with Crippen molar-refractivity contribution in [2.45, 2.75) is 6.54 Å². The molecule has 0 fully saturated rings. The fourth-order valence-electron chi connectivity index (χ4n) is 2.42. The summed E-state index contributed by atoms with van der Waals surface area (Å²) in [4.78, 5) is 37.1. The normalized spacial score (nSPS) is 13.2. The van der Waals surface area contributed by atoms with Gasteiger partial charge in [0.1, 0.15) is 12.4 Å². The standard InChI is InChI=1S/C17H13FN2O3/c18-14-8-4-1-5-11(14)9-19-15(21)10-20-16(22)12-6-2-3-7-13(12)17(20)23/h1-8H,9-10H2,(H,19,21). The Bertz CT molecular complexity index is 769. The van der Waals surface area contributed by atoms with E-state index in [-0.39, 0.29) is 13.1 Å². The summed E-state index contributed by atoms with van der Waals surface area (Å²) in [7, 11) is 0. The first-order chi connectivity index (χ1) is 11.1. The minimum absolute atomic E-state index is 0.00528. The summed E-state index contributed by atoms with van der Waals surface area (Å²) in [6, 6.07) is 12.5. The average molecular weight is 312 g/mol. The second-order valence-corrected chi connectivity index (χ2v) is 5.11. The van der Waals surface area contributed by atoms with E-state index in [0.717, 1.165) is 4.90 Å². The molecule has 0 bridgehead atoms. The molecule has 0 radical (unpaired) electrons. The van der Waals surface area contributed by atoms with Gasteiger partial charge < -0.3 is 5.32 Å². The van der Waals surface area contributed by atoms with Gasteiger partial charge >= 0.3 is 0 Å². The SMILES string of the molecule is O=C(CN1C(=O)c2ccccc2C1=O)NCc1ccccc1F. The molecule has 0 aromatic heterocycles. The van der Waals surface area contributed by atoms with E-state index in [1.165, 1.54) is 6.07 Å². The first-order valence-corrected chi connectivity index (χ1v) is 7.03. The van der Waals surface area contributed by atoms with Crippen LogP contribution in [0.15, 0.2) is 48.5 Å². The summed E-state index contributed by atoms with van der Waals surface area (Å²) in [5, 5.41) is 2.51. The monoisotopic (exact) mass is 312 g/mol. The quantitative estimate of drug-likeness (QED) is 0.875. The van der Waals surface area contributed by atoms with E-state index in [0.29, 0.717) is 16.7 Å². The molecule has 116 valence electrons. The topological polar surface area (TPSA) is 66.5 Å². The fourth-order valence-corrected chi connectivity index (χ4v) is 2.42. The number of fused-ring (bicyclic) bond motifs is 1. The second kappa shape index (κ2) is 6.00. The van der Waals surface area contributed by atoms with E-state index < -0.39 is 23.5 Å². The highest BCUT2D eigenvalue weighted by molar-refractivity contribution is 6.22. The number of hydrogen-bond donors (Lipinski definition) is 1. The number of nitrogens with zero attached hydrogens (tertiary/aromatic N) is 1. The van der Waals surface area contributed by atoms with Gasteiger partial charge in [-0.2, -0.15) is 0 Å². The van der Waals surface area contributed by atoms with Crippen LogP contribution in [0.2, 0.25) is 0 Å². The molecule has 3 amide bonds. The van der Waals surface area contributed by atoms with Crippen molar-refractivity contribution >= 4 is 17.7 Å². The maximum Gasteiger partial charge on any atom is 0.262 e. The minimum atomic E-state index is -0.525. The molecule has 0 spiro atoms. The van der Waals surface area contributed by atoms with Gasteiger partial charge in [0.15, 0.2) is 0 Å². The predicted octanol–water partition coefficient (Wildman–Crippen LogP) is 1.74. The summed E-state index contributed by atoms with van der Waals surface area (Å²) in [5.41, 5.74) is 0.919. The minimum Gasteiger partial charge on any atom is -0.350 e. The average Bonchev–Trinajstić information content (AvgIpc) is 2.80. The van der Waals surface area contributed by atoms with E-state index >= 15 is 0 Å². The molecule has 2 aromatic carbocycles. The van der Waals surface area contributed by atoms with Gasteiger partial charge in [-0.05, 0) is 18.2 Å². The number of amides is 3. The van der Waals surface area contributed by atoms with Crippen molar-refractivity contribution in [1.29, 1.82) is 0 Å². The van der Waals surface area contributed by atoms with Crippen LogP contribution in [0.3, 0.4) is 0 Å². The lowest BCUT2D eigenvalue weighted by molar-refractivity contribution is -0.121. The molecular formula is C17H13FN2O3. The van der Waals surface area contributed by atoms with Crippen molar-refractivity contribution in [2.24, 2.45) is 0 Å². The maximum atomic E-state index is 13.5. The fraction of sp³-hybridized carbons (Fsp3) is 0.118. The van der Waals surface area contributed by atoms with Gasteiger partial charge in [-0.3, -0.25) is 19.3 Å². The Labute approximate surface area is 131 Å². The highest BCUT2D eigenvalue weighted by Gasteiger charge is 2.36. The Hall–Kier alpha value is -3.02. The van der Waals surface area contributed by atoms with Gasteiger partial charge in [0.25, 0.3) is 11.8 Å². The van der Waals surface area contributed by atoms with Crippen LogP contribution in [0.5, 0.6) is 0 Å². The lowest BCUT2D eigenvalue weighted by atomic mass is 10.1. The van der Waals surface area contributed by atoms with E-state index in [1.54, 1.807) is 42.5 Å². The van der Waals surface area contributed by atoms with Crippen LogP contribution < -0.4 is 5.32 Å². The maximum absolute atomic E-state index is 13.5. The van der Waals surface area contributed by atoms with Crippen molar-refractivity contribution in [3.05, 3.63) is 71.0 Å². The first kappa shape index (κ1) is 14.9. The Balaban J connectivity index is 1.64. The second-order valence-electron chi connectivity index (χ2n) is 5.11. The molecule has 0 aliphatic carbocycles. The van der Waals surface area contributed by atoms with Crippen molar-refractivity contribution in [1.82, 2.24) is 10.2 Å². The Morgan fingerprint density at radius 1 is 0.957 bits per heavy atom. The van der Waals surface area contributed by atoms with E-state index in [9.17, 15) is 18.8 Å². The molecule has 3 rings (SSSR count). The Kier molecular flexibility index (Phi) is 3.89. The van der Waals surface area contributed by atoms with Crippen LogP contribution in [0.25, 0.3) is 0 Å². The molecule has 1 heterocycles. The molecule has 1 aliphatic heterocycles. The Morgan fingerprint density at radius 2 is 1.52 bits per heavy atom. The third-order valence-corrected chi connectivity index (χ3v) is 3.61. The van der Waals surface area contributed by atoms with Crippen molar-refractivity contribution in [3.63, 3.8) is 0 Å². The van der Waals surface area contributed by atoms with Gasteiger partial charge in [0, 0.05) is 12.1 Å². The summed E-state index contributed by atoms with van der Waals surface area (Å²) in [6.07, 6.45) is 0. The number of benzene rings is 2. The largest absolute Gasteiger partial charge is 0.350 e. The first-order valence-electron chi connectivity index (χ1n) is 7.03. The molecule has 5 nitrogen and oxygen atoms in total. The smallest absolute Gasteiger partial charge is 0.262 e. The van der Waals surface area contributed by atoms with Gasteiger partial charge in [-0.25, -0.2) is 4.39 Å². The number of halogens is 1. The molecule has 0 saturated carbocycles. The van der Waals surface area contributed by atoms with Crippen molar-refractivity contribution in [2.75, 3.05) is 6.54 Å². The number of rotatable bonds is 4. The number of carbonyl (C=O) groups is 3. The van der Waals surface area contributed by atoms with Gasteiger partial charge in [-0.15, -0.1) is 0 Å². The van der Waals surface area contributed by atoms with Crippen LogP contribution >= 0.6 is 0 Å². The number of nitrogens with one attached hydrogen (secondary N) is 1. The summed E-state index contributed by atoms with van der Waals surface area (Å²) < 4.78 is 13.5. The lowest BCUT2D eigenvalue weighted by Crippen LogP contribution is -2.40. The van der Waals surface area contributed by atoms with Crippen LogP contribution in [0, 0.1) is 5.82 Å². The zero-order chi connectivity index (χ0) is 16.4. The molecule has 6 heteroatoms. The molecule has 23 heavy (non-hydrogen) atoms. The third kappa shape index (κ3) is 2.83. The van der Waals surface area contributed by atoms with Crippen molar-refractivity contribution < 1.29 is 18.8 Å². The van der Waals surface area contributed by atoms with Gasteiger partial charge in [0.2, 0.25) is 5.91 Å². The summed E-state index contributed by atoms with van der Waals surface area (Å²) >= 11 is 0.